The zero-order valence-electron chi connectivity index (χ0n) is 8.86. The zero-order chi connectivity index (χ0) is 10.3. The highest BCUT2D eigenvalue weighted by atomic mass is 16.5. The maximum atomic E-state index is 6.17. The lowest BCUT2D eigenvalue weighted by Crippen LogP contribution is -2.38. The molecular formula is C13H17NO. The van der Waals surface area contributed by atoms with Gasteiger partial charge in [-0.3, -0.25) is 0 Å². The summed E-state index contributed by atoms with van der Waals surface area (Å²) in [7, 11) is 0. The predicted molar refractivity (Wildman–Crippen MR) is 59.7 cm³/mol. The van der Waals surface area contributed by atoms with Crippen molar-refractivity contribution in [3.05, 3.63) is 29.8 Å². The summed E-state index contributed by atoms with van der Waals surface area (Å²) in [5.74, 6) is 1.76. The molecule has 80 valence electrons. The second-order valence-corrected chi connectivity index (χ2v) is 4.73. The minimum absolute atomic E-state index is 0.167. The molecule has 1 saturated carbocycles. The van der Waals surface area contributed by atoms with Gasteiger partial charge in [0.25, 0.3) is 0 Å². The van der Waals surface area contributed by atoms with Crippen molar-refractivity contribution in [2.24, 2.45) is 11.7 Å². The van der Waals surface area contributed by atoms with E-state index in [0.717, 1.165) is 18.1 Å². The van der Waals surface area contributed by atoms with E-state index in [2.05, 4.69) is 6.07 Å². The van der Waals surface area contributed by atoms with Gasteiger partial charge in [-0.05, 0) is 24.8 Å². The van der Waals surface area contributed by atoms with Gasteiger partial charge in [0.15, 0.2) is 0 Å². The van der Waals surface area contributed by atoms with Gasteiger partial charge in [-0.2, -0.15) is 0 Å². The Morgan fingerprint density at radius 2 is 2.00 bits per heavy atom. The average Bonchev–Trinajstić information content (AvgIpc) is 2.15. The Morgan fingerprint density at radius 1 is 1.20 bits per heavy atom. The summed E-state index contributed by atoms with van der Waals surface area (Å²) in [5.41, 5.74) is 7.35. The molecule has 2 atom stereocenters. The lowest BCUT2D eigenvalue weighted by Gasteiger charge is -2.39. The summed E-state index contributed by atoms with van der Waals surface area (Å²) in [4.78, 5) is 0. The SMILES string of the molecule is N[C@H]1CC(C2CCC2)Oc2ccccc21. The predicted octanol–water partition coefficient (Wildman–Crippen LogP) is 2.64. The van der Waals surface area contributed by atoms with E-state index in [4.69, 9.17) is 10.5 Å². The summed E-state index contributed by atoms with van der Waals surface area (Å²) < 4.78 is 6.03. The molecule has 0 bridgehead atoms. The standard InChI is InChI=1S/C13H17NO/c14-11-8-13(9-4-3-5-9)15-12-7-2-1-6-10(11)12/h1-2,6-7,9,11,13H,3-5,8,14H2/t11-,13?/m0/s1. The largest absolute Gasteiger partial charge is 0.490 e. The molecule has 0 aromatic heterocycles. The number of hydrogen-bond acceptors (Lipinski definition) is 2. The molecule has 15 heavy (non-hydrogen) atoms. The summed E-state index contributed by atoms with van der Waals surface area (Å²) in [6.45, 7) is 0. The quantitative estimate of drug-likeness (QED) is 0.761. The molecule has 1 aliphatic heterocycles. The molecule has 2 aliphatic rings. The molecule has 0 radical (unpaired) electrons. The van der Waals surface area contributed by atoms with Gasteiger partial charge < -0.3 is 10.5 Å². The Hall–Kier alpha value is -1.02. The maximum absolute atomic E-state index is 6.17. The summed E-state index contributed by atoms with van der Waals surface area (Å²) >= 11 is 0. The third-order valence-corrected chi connectivity index (χ3v) is 3.76. The number of fused-ring (bicyclic) bond motifs is 1. The third kappa shape index (κ3) is 1.53. The van der Waals surface area contributed by atoms with Gasteiger partial charge in [-0.15, -0.1) is 0 Å². The molecular weight excluding hydrogens is 186 g/mol. The van der Waals surface area contributed by atoms with Gasteiger partial charge in [0.1, 0.15) is 11.9 Å². The first kappa shape index (κ1) is 9.22. The Kier molecular flexibility index (Phi) is 2.17. The number of ether oxygens (including phenoxy) is 1. The fourth-order valence-electron chi connectivity index (χ4n) is 2.58. The second kappa shape index (κ2) is 3.53. The van der Waals surface area contributed by atoms with Crippen molar-refractivity contribution >= 4 is 0 Å². The third-order valence-electron chi connectivity index (χ3n) is 3.76. The van der Waals surface area contributed by atoms with E-state index in [1.54, 1.807) is 0 Å². The fraction of sp³-hybridized carbons (Fsp3) is 0.538. The zero-order valence-corrected chi connectivity index (χ0v) is 8.86. The van der Waals surface area contributed by atoms with Crippen molar-refractivity contribution in [3.8, 4) is 5.75 Å². The maximum Gasteiger partial charge on any atom is 0.124 e. The first-order valence-corrected chi connectivity index (χ1v) is 5.86. The first-order chi connectivity index (χ1) is 7.34. The molecule has 2 nitrogen and oxygen atoms in total. The molecule has 2 N–H and O–H groups in total. The Morgan fingerprint density at radius 3 is 2.73 bits per heavy atom. The Labute approximate surface area is 90.4 Å². The highest BCUT2D eigenvalue weighted by molar-refractivity contribution is 5.37. The first-order valence-electron chi connectivity index (χ1n) is 5.86. The average molecular weight is 203 g/mol. The van der Waals surface area contributed by atoms with Crippen molar-refractivity contribution in [1.29, 1.82) is 0 Å². The van der Waals surface area contributed by atoms with Gasteiger partial charge >= 0.3 is 0 Å². The van der Waals surface area contributed by atoms with Crippen LogP contribution in [0.4, 0.5) is 0 Å². The van der Waals surface area contributed by atoms with Gasteiger partial charge in [0, 0.05) is 18.0 Å². The van der Waals surface area contributed by atoms with E-state index in [9.17, 15) is 0 Å². The van der Waals surface area contributed by atoms with Crippen LogP contribution in [0.15, 0.2) is 24.3 Å². The molecule has 1 fully saturated rings. The van der Waals surface area contributed by atoms with Crippen molar-refractivity contribution in [2.45, 2.75) is 37.8 Å². The molecule has 0 amide bonds. The molecule has 0 saturated heterocycles. The van der Waals surface area contributed by atoms with Crippen LogP contribution in [0.5, 0.6) is 5.75 Å². The Bertz CT molecular complexity index is 359. The van der Waals surface area contributed by atoms with Crippen LogP contribution in [0.1, 0.15) is 37.3 Å². The van der Waals surface area contributed by atoms with Crippen molar-refractivity contribution in [3.63, 3.8) is 0 Å². The van der Waals surface area contributed by atoms with E-state index in [1.807, 2.05) is 18.2 Å². The molecule has 1 aliphatic carbocycles. The lowest BCUT2D eigenvalue weighted by atomic mass is 9.77. The summed E-state index contributed by atoms with van der Waals surface area (Å²) in [6, 6.07) is 8.35. The molecule has 0 spiro atoms. The summed E-state index contributed by atoms with van der Waals surface area (Å²) in [6.07, 6.45) is 5.35. The second-order valence-electron chi connectivity index (χ2n) is 4.73. The number of hydrogen-bond donors (Lipinski definition) is 1. The molecule has 1 aromatic carbocycles. The van der Waals surface area contributed by atoms with Crippen LogP contribution in [0.25, 0.3) is 0 Å². The van der Waals surface area contributed by atoms with Gasteiger partial charge in [0.05, 0.1) is 0 Å². The van der Waals surface area contributed by atoms with E-state index < -0.39 is 0 Å². The van der Waals surface area contributed by atoms with Crippen LogP contribution < -0.4 is 10.5 Å². The lowest BCUT2D eigenvalue weighted by molar-refractivity contribution is 0.0580. The van der Waals surface area contributed by atoms with Gasteiger partial charge in [-0.25, -0.2) is 0 Å². The fourth-order valence-corrected chi connectivity index (χ4v) is 2.58. The van der Waals surface area contributed by atoms with E-state index in [-0.39, 0.29) is 6.04 Å². The summed E-state index contributed by atoms with van der Waals surface area (Å²) in [5, 5.41) is 0. The Balaban J connectivity index is 1.85. The van der Waals surface area contributed by atoms with E-state index in [1.165, 1.54) is 24.8 Å². The van der Waals surface area contributed by atoms with Crippen molar-refractivity contribution < 1.29 is 4.74 Å². The van der Waals surface area contributed by atoms with Crippen LogP contribution in [0.2, 0.25) is 0 Å². The van der Waals surface area contributed by atoms with Crippen molar-refractivity contribution in [2.75, 3.05) is 0 Å². The molecule has 1 aromatic rings. The number of para-hydroxylation sites is 1. The highest BCUT2D eigenvalue weighted by Crippen LogP contribution is 2.40. The molecule has 3 rings (SSSR count). The van der Waals surface area contributed by atoms with Crippen LogP contribution in [-0.2, 0) is 0 Å². The smallest absolute Gasteiger partial charge is 0.124 e. The minimum Gasteiger partial charge on any atom is -0.490 e. The molecule has 2 heteroatoms. The number of nitrogens with two attached hydrogens (primary N) is 1. The van der Waals surface area contributed by atoms with Crippen LogP contribution in [0.3, 0.4) is 0 Å². The van der Waals surface area contributed by atoms with Crippen molar-refractivity contribution in [1.82, 2.24) is 0 Å². The minimum atomic E-state index is 0.167. The molecule has 1 unspecified atom stereocenters. The topological polar surface area (TPSA) is 35.2 Å². The van der Waals surface area contributed by atoms with Crippen LogP contribution >= 0.6 is 0 Å². The number of benzene rings is 1. The normalized spacial score (nSPS) is 30.2. The number of rotatable bonds is 1. The van der Waals surface area contributed by atoms with Crippen LogP contribution in [0, 0.1) is 5.92 Å². The van der Waals surface area contributed by atoms with Gasteiger partial charge in [0.2, 0.25) is 0 Å². The van der Waals surface area contributed by atoms with Gasteiger partial charge in [-0.1, -0.05) is 24.6 Å². The van der Waals surface area contributed by atoms with Crippen LogP contribution in [-0.4, -0.2) is 6.10 Å². The van der Waals surface area contributed by atoms with E-state index >= 15 is 0 Å². The monoisotopic (exact) mass is 203 g/mol. The highest BCUT2D eigenvalue weighted by Gasteiger charge is 2.34. The molecule has 1 heterocycles. The van der Waals surface area contributed by atoms with E-state index in [0.29, 0.717) is 6.10 Å².